The summed E-state index contributed by atoms with van der Waals surface area (Å²) >= 11 is 0. The van der Waals surface area contributed by atoms with Gasteiger partial charge in [-0.15, -0.1) is 0 Å². The molecule has 2 aliphatic rings. The third kappa shape index (κ3) is 3.24. The third-order valence-electron chi connectivity index (χ3n) is 5.57. The predicted octanol–water partition coefficient (Wildman–Crippen LogP) is 4.36. The lowest BCUT2D eigenvalue weighted by atomic mass is 9.62. The Kier molecular flexibility index (Phi) is 4.18. The maximum atomic E-state index is 6.40. The zero-order chi connectivity index (χ0) is 12.5. The highest BCUT2D eigenvalue weighted by atomic mass is 14.7. The normalized spacial score (nSPS) is 42.4. The molecule has 0 aromatic carbocycles. The summed E-state index contributed by atoms with van der Waals surface area (Å²) in [4.78, 5) is 0. The van der Waals surface area contributed by atoms with Crippen LogP contribution in [0.1, 0.15) is 72.1 Å². The first-order chi connectivity index (χ1) is 8.02. The molecule has 2 atom stereocenters. The monoisotopic (exact) mass is 237 g/mol. The van der Waals surface area contributed by atoms with E-state index in [1.165, 1.54) is 51.4 Å². The van der Waals surface area contributed by atoms with Crippen molar-refractivity contribution in [3.63, 3.8) is 0 Å². The second-order valence-corrected chi connectivity index (χ2v) is 7.42. The number of hydrogen-bond acceptors (Lipinski definition) is 1. The van der Waals surface area contributed by atoms with Crippen molar-refractivity contribution in [1.29, 1.82) is 0 Å². The number of hydrogen-bond donors (Lipinski definition) is 1. The molecule has 0 aromatic rings. The maximum absolute atomic E-state index is 6.40. The van der Waals surface area contributed by atoms with Crippen LogP contribution in [0.2, 0.25) is 0 Å². The van der Waals surface area contributed by atoms with Crippen molar-refractivity contribution in [3.05, 3.63) is 0 Å². The largest absolute Gasteiger partial charge is 0.327 e. The summed E-state index contributed by atoms with van der Waals surface area (Å²) in [6.07, 6.45) is 11.2. The van der Waals surface area contributed by atoms with E-state index in [1.807, 2.05) is 0 Å². The minimum atomic E-state index is 0.492. The van der Waals surface area contributed by atoms with Gasteiger partial charge in [0.1, 0.15) is 0 Å². The van der Waals surface area contributed by atoms with E-state index in [0.717, 1.165) is 17.8 Å². The van der Waals surface area contributed by atoms with E-state index in [0.29, 0.717) is 11.5 Å². The fourth-order valence-corrected chi connectivity index (χ4v) is 4.20. The van der Waals surface area contributed by atoms with E-state index in [-0.39, 0.29) is 0 Å². The molecule has 0 heterocycles. The van der Waals surface area contributed by atoms with Gasteiger partial charge in [-0.05, 0) is 55.3 Å². The van der Waals surface area contributed by atoms with E-state index in [9.17, 15) is 0 Å². The first-order valence-electron chi connectivity index (χ1n) is 7.77. The summed E-state index contributed by atoms with van der Waals surface area (Å²) in [7, 11) is 0. The van der Waals surface area contributed by atoms with E-state index in [1.54, 1.807) is 0 Å². The van der Waals surface area contributed by atoms with Gasteiger partial charge in [-0.2, -0.15) is 0 Å². The van der Waals surface area contributed by atoms with Gasteiger partial charge in [-0.3, -0.25) is 0 Å². The average molecular weight is 237 g/mol. The molecule has 0 aliphatic heterocycles. The van der Waals surface area contributed by atoms with Crippen molar-refractivity contribution < 1.29 is 0 Å². The lowest BCUT2D eigenvalue weighted by molar-refractivity contribution is 0.0830. The summed E-state index contributed by atoms with van der Waals surface area (Å²) in [5, 5.41) is 0. The Hall–Kier alpha value is -0.0400. The SMILES string of the molecule is CCC1CCC(C2CC(C)(C)CCC2N)CC1. The summed E-state index contributed by atoms with van der Waals surface area (Å²) in [6, 6.07) is 0.492. The van der Waals surface area contributed by atoms with Crippen molar-refractivity contribution in [2.75, 3.05) is 0 Å². The Morgan fingerprint density at radius 1 is 1.06 bits per heavy atom. The van der Waals surface area contributed by atoms with Crippen molar-refractivity contribution in [3.8, 4) is 0 Å². The average Bonchev–Trinajstić information content (AvgIpc) is 2.33. The lowest BCUT2D eigenvalue weighted by Crippen LogP contribution is -2.43. The highest BCUT2D eigenvalue weighted by molar-refractivity contribution is 4.91. The van der Waals surface area contributed by atoms with Crippen molar-refractivity contribution in [2.45, 2.75) is 78.2 Å². The van der Waals surface area contributed by atoms with Gasteiger partial charge in [-0.25, -0.2) is 0 Å². The Bertz CT molecular complexity index is 238. The number of rotatable bonds is 2. The molecule has 100 valence electrons. The summed E-state index contributed by atoms with van der Waals surface area (Å²) in [5.41, 5.74) is 6.94. The van der Waals surface area contributed by atoms with Crippen LogP contribution in [0.3, 0.4) is 0 Å². The molecule has 0 radical (unpaired) electrons. The Balaban J connectivity index is 1.92. The highest BCUT2D eigenvalue weighted by Gasteiger charge is 2.38. The highest BCUT2D eigenvalue weighted by Crippen LogP contribution is 2.45. The standard InChI is InChI=1S/C16H31N/c1-4-12-5-7-13(8-6-12)14-11-16(2,3)10-9-15(14)17/h12-15H,4-11,17H2,1-3H3. The fraction of sp³-hybridized carbons (Fsp3) is 1.00. The maximum Gasteiger partial charge on any atom is 0.00702 e. The zero-order valence-electron chi connectivity index (χ0n) is 12.0. The van der Waals surface area contributed by atoms with Crippen LogP contribution < -0.4 is 5.73 Å². The topological polar surface area (TPSA) is 26.0 Å². The van der Waals surface area contributed by atoms with Gasteiger partial charge in [0.05, 0.1) is 0 Å². The Morgan fingerprint density at radius 2 is 1.71 bits per heavy atom. The molecule has 0 saturated heterocycles. The summed E-state index contributed by atoms with van der Waals surface area (Å²) < 4.78 is 0. The molecule has 2 unspecified atom stereocenters. The Morgan fingerprint density at radius 3 is 2.29 bits per heavy atom. The van der Waals surface area contributed by atoms with E-state index >= 15 is 0 Å². The van der Waals surface area contributed by atoms with Gasteiger partial charge in [0.15, 0.2) is 0 Å². The van der Waals surface area contributed by atoms with Gasteiger partial charge in [0.2, 0.25) is 0 Å². The third-order valence-corrected chi connectivity index (χ3v) is 5.57. The molecule has 2 N–H and O–H groups in total. The minimum absolute atomic E-state index is 0.492. The molecular weight excluding hydrogens is 206 g/mol. The van der Waals surface area contributed by atoms with Crippen LogP contribution in [0.5, 0.6) is 0 Å². The van der Waals surface area contributed by atoms with Crippen LogP contribution >= 0.6 is 0 Å². The molecule has 0 spiro atoms. The second kappa shape index (κ2) is 5.30. The van der Waals surface area contributed by atoms with E-state index in [2.05, 4.69) is 20.8 Å². The molecule has 2 rings (SSSR count). The minimum Gasteiger partial charge on any atom is -0.327 e. The first kappa shape index (κ1) is 13.4. The van der Waals surface area contributed by atoms with Crippen molar-refractivity contribution >= 4 is 0 Å². The summed E-state index contributed by atoms with van der Waals surface area (Å²) in [6.45, 7) is 7.22. The lowest BCUT2D eigenvalue weighted by Gasteiger charge is -2.45. The van der Waals surface area contributed by atoms with Gasteiger partial charge in [0, 0.05) is 6.04 Å². The van der Waals surface area contributed by atoms with Crippen LogP contribution in [0.4, 0.5) is 0 Å². The summed E-state index contributed by atoms with van der Waals surface area (Å²) in [5.74, 6) is 2.77. The molecular formula is C16H31N. The molecule has 0 amide bonds. The molecule has 0 aromatic heterocycles. The molecule has 1 heteroatoms. The first-order valence-corrected chi connectivity index (χ1v) is 7.77. The van der Waals surface area contributed by atoms with Gasteiger partial charge in [0.25, 0.3) is 0 Å². The Labute approximate surface area is 108 Å². The van der Waals surface area contributed by atoms with Gasteiger partial charge < -0.3 is 5.73 Å². The van der Waals surface area contributed by atoms with Crippen LogP contribution in [0.15, 0.2) is 0 Å². The molecule has 1 nitrogen and oxygen atoms in total. The molecule has 2 saturated carbocycles. The van der Waals surface area contributed by atoms with Crippen LogP contribution in [0.25, 0.3) is 0 Å². The molecule has 0 bridgehead atoms. The quantitative estimate of drug-likeness (QED) is 0.759. The van der Waals surface area contributed by atoms with E-state index < -0.39 is 0 Å². The smallest absolute Gasteiger partial charge is 0.00702 e. The van der Waals surface area contributed by atoms with Gasteiger partial charge in [-0.1, -0.05) is 40.0 Å². The van der Waals surface area contributed by atoms with Gasteiger partial charge >= 0.3 is 0 Å². The molecule has 17 heavy (non-hydrogen) atoms. The van der Waals surface area contributed by atoms with Crippen LogP contribution in [0, 0.1) is 23.2 Å². The fourth-order valence-electron chi connectivity index (χ4n) is 4.20. The van der Waals surface area contributed by atoms with Crippen LogP contribution in [-0.4, -0.2) is 6.04 Å². The predicted molar refractivity (Wildman–Crippen MR) is 74.8 cm³/mol. The zero-order valence-corrected chi connectivity index (χ0v) is 12.0. The van der Waals surface area contributed by atoms with Crippen molar-refractivity contribution in [1.82, 2.24) is 0 Å². The molecule has 2 fully saturated rings. The van der Waals surface area contributed by atoms with E-state index in [4.69, 9.17) is 5.73 Å². The van der Waals surface area contributed by atoms with Crippen LogP contribution in [-0.2, 0) is 0 Å². The number of nitrogens with two attached hydrogens (primary N) is 1. The van der Waals surface area contributed by atoms with Crippen molar-refractivity contribution in [2.24, 2.45) is 28.9 Å². The molecule has 2 aliphatic carbocycles. The second-order valence-electron chi connectivity index (χ2n) is 7.42.